The molecule has 7 nitrogen and oxygen atoms in total. The van der Waals surface area contributed by atoms with E-state index in [1.807, 2.05) is 15.8 Å². The van der Waals surface area contributed by atoms with Crippen LogP contribution in [0.2, 0.25) is 0 Å². The van der Waals surface area contributed by atoms with E-state index >= 15 is 0 Å². The number of piperidine rings is 1. The lowest BCUT2D eigenvalue weighted by molar-refractivity contribution is -0.139. The number of nitrogens with zero attached hydrogens (tertiary/aromatic N) is 5. The average Bonchev–Trinajstić information content (AvgIpc) is 3.06. The number of hydrogen-bond acceptors (Lipinski definition) is 4. The van der Waals surface area contributed by atoms with Gasteiger partial charge in [-0.1, -0.05) is 17.9 Å². The highest BCUT2D eigenvalue weighted by Gasteiger charge is 2.30. The van der Waals surface area contributed by atoms with Crippen molar-refractivity contribution >= 4 is 17.4 Å². The molecule has 0 atom stereocenters. The highest BCUT2D eigenvalue weighted by molar-refractivity contribution is 5.87. The minimum atomic E-state index is -0.0426. The number of aromatic nitrogens is 3. The normalized spacial score (nSPS) is 19.0. The first-order valence-electron chi connectivity index (χ1n) is 9.81. The standard InChI is InChI=1S/C20H29N5O2/c1-4-19(26)23-11-8-17(9-12-23)20(27)24-10-5-6-16(7-13-24)18-14-25(15(2)3)22-21-18/h4,6,14-15,17H,1,5,7-13H2,2-3H3. The summed E-state index contributed by atoms with van der Waals surface area (Å²) in [6.45, 7) is 10.4. The van der Waals surface area contributed by atoms with Gasteiger partial charge in [0.2, 0.25) is 11.8 Å². The Morgan fingerprint density at radius 1 is 1.19 bits per heavy atom. The first-order valence-corrected chi connectivity index (χ1v) is 9.81. The first-order chi connectivity index (χ1) is 13.0. The zero-order valence-corrected chi connectivity index (χ0v) is 16.3. The minimum absolute atomic E-state index is 0.0160. The van der Waals surface area contributed by atoms with E-state index < -0.39 is 0 Å². The van der Waals surface area contributed by atoms with Crippen LogP contribution in [-0.2, 0) is 9.59 Å². The van der Waals surface area contributed by atoms with Crippen molar-refractivity contribution in [3.63, 3.8) is 0 Å². The summed E-state index contributed by atoms with van der Waals surface area (Å²) in [6.07, 6.45) is 8.63. The fourth-order valence-electron chi connectivity index (χ4n) is 3.73. The molecule has 1 aromatic heterocycles. The molecule has 27 heavy (non-hydrogen) atoms. The Balaban J connectivity index is 1.55. The fourth-order valence-corrected chi connectivity index (χ4v) is 3.73. The molecule has 2 aliphatic rings. The van der Waals surface area contributed by atoms with Gasteiger partial charge in [-0.25, -0.2) is 4.68 Å². The second-order valence-electron chi connectivity index (χ2n) is 7.57. The smallest absolute Gasteiger partial charge is 0.245 e. The molecule has 0 N–H and O–H groups in total. The highest BCUT2D eigenvalue weighted by Crippen LogP contribution is 2.25. The van der Waals surface area contributed by atoms with Crippen LogP contribution >= 0.6 is 0 Å². The van der Waals surface area contributed by atoms with Gasteiger partial charge in [0, 0.05) is 38.1 Å². The Bertz CT molecular complexity index is 728. The maximum Gasteiger partial charge on any atom is 0.245 e. The summed E-state index contributed by atoms with van der Waals surface area (Å²) < 4.78 is 1.86. The van der Waals surface area contributed by atoms with Crippen LogP contribution < -0.4 is 0 Å². The third-order valence-corrected chi connectivity index (χ3v) is 5.45. The number of carbonyl (C=O) groups excluding carboxylic acids is 2. The van der Waals surface area contributed by atoms with E-state index in [1.54, 1.807) is 4.90 Å². The van der Waals surface area contributed by atoms with Gasteiger partial charge in [0.05, 0.1) is 6.20 Å². The molecule has 1 saturated heterocycles. The van der Waals surface area contributed by atoms with Crippen molar-refractivity contribution in [2.75, 3.05) is 26.2 Å². The average molecular weight is 371 g/mol. The molecule has 0 aromatic carbocycles. The molecule has 3 heterocycles. The van der Waals surface area contributed by atoms with Crippen molar-refractivity contribution in [3.8, 4) is 0 Å². The van der Waals surface area contributed by atoms with Gasteiger partial charge in [0.15, 0.2) is 0 Å². The summed E-state index contributed by atoms with van der Waals surface area (Å²) in [5.74, 6) is 0.197. The van der Waals surface area contributed by atoms with E-state index in [2.05, 4.69) is 36.8 Å². The first kappa shape index (κ1) is 19.3. The molecule has 0 radical (unpaired) electrons. The third-order valence-electron chi connectivity index (χ3n) is 5.45. The number of likely N-dealkylation sites (tertiary alicyclic amines) is 1. The van der Waals surface area contributed by atoms with Crippen molar-refractivity contribution < 1.29 is 9.59 Å². The van der Waals surface area contributed by atoms with E-state index in [4.69, 9.17) is 0 Å². The summed E-state index contributed by atoms with van der Waals surface area (Å²) in [4.78, 5) is 28.4. The largest absolute Gasteiger partial charge is 0.342 e. The predicted molar refractivity (Wildman–Crippen MR) is 104 cm³/mol. The van der Waals surface area contributed by atoms with E-state index in [0.717, 1.165) is 37.9 Å². The molecular weight excluding hydrogens is 342 g/mol. The Hall–Kier alpha value is -2.44. The maximum absolute atomic E-state index is 12.9. The molecule has 2 amide bonds. The molecule has 0 aliphatic carbocycles. The molecule has 0 saturated carbocycles. The summed E-state index contributed by atoms with van der Waals surface area (Å²) in [5, 5.41) is 8.47. The topological polar surface area (TPSA) is 71.3 Å². The van der Waals surface area contributed by atoms with Crippen molar-refractivity contribution in [2.45, 2.75) is 45.6 Å². The van der Waals surface area contributed by atoms with Crippen LogP contribution in [0.1, 0.15) is 51.3 Å². The predicted octanol–water partition coefficient (Wildman–Crippen LogP) is 2.29. The summed E-state index contributed by atoms with van der Waals surface area (Å²) in [5.41, 5.74) is 2.08. The monoisotopic (exact) mass is 371 g/mol. The fraction of sp³-hybridized carbons (Fsp3) is 0.600. The summed E-state index contributed by atoms with van der Waals surface area (Å²) in [6, 6.07) is 0.287. The molecule has 2 aliphatic heterocycles. The van der Waals surface area contributed by atoms with Crippen molar-refractivity contribution in [3.05, 3.63) is 30.6 Å². The molecule has 0 bridgehead atoms. The maximum atomic E-state index is 12.9. The second-order valence-corrected chi connectivity index (χ2v) is 7.57. The van der Waals surface area contributed by atoms with Crippen molar-refractivity contribution in [1.29, 1.82) is 0 Å². The number of rotatable bonds is 4. The van der Waals surface area contributed by atoms with Crippen molar-refractivity contribution in [2.24, 2.45) is 5.92 Å². The summed E-state index contributed by atoms with van der Waals surface area (Å²) >= 11 is 0. The molecule has 7 heteroatoms. The molecule has 0 unspecified atom stereocenters. The Kier molecular flexibility index (Phi) is 6.08. The third kappa shape index (κ3) is 4.46. The second kappa shape index (κ2) is 8.50. The van der Waals surface area contributed by atoms with Crippen LogP contribution in [0, 0.1) is 5.92 Å². The number of hydrogen-bond donors (Lipinski definition) is 0. The van der Waals surface area contributed by atoms with Gasteiger partial charge < -0.3 is 9.80 Å². The van der Waals surface area contributed by atoms with E-state index in [9.17, 15) is 9.59 Å². The van der Waals surface area contributed by atoms with E-state index in [0.29, 0.717) is 19.6 Å². The van der Waals surface area contributed by atoms with Gasteiger partial charge in [-0.2, -0.15) is 0 Å². The van der Waals surface area contributed by atoms with Gasteiger partial charge in [0.1, 0.15) is 5.69 Å². The molecule has 3 rings (SSSR count). The van der Waals surface area contributed by atoms with Crippen LogP contribution in [0.15, 0.2) is 24.9 Å². The zero-order valence-electron chi connectivity index (χ0n) is 16.3. The van der Waals surface area contributed by atoms with E-state index in [1.165, 1.54) is 11.6 Å². The van der Waals surface area contributed by atoms with Crippen LogP contribution in [0.25, 0.3) is 5.57 Å². The van der Waals surface area contributed by atoms with Crippen LogP contribution in [-0.4, -0.2) is 62.8 Å². The molecule has 1 fully saturated rings. The lowest BCUT2D eigenvalue weighted by Gasteiger charge is -2.33. The lowest BCUT2D eigenvalue weighted by Crippen LogP contribution is -2.44. The van der Waals surface area contributed by atoms with Gasteiger partial charge >= 0.3 is 0 Å². The quantitative estimate of drug-likeness (QED) is 0.762. The van der Waals surface area contributed by atoms with Gasteiger partial charge in [-0.15, -0.1) is 5.10 Å². The minimum Gasteiger partial charge on any atom is -0.342 e. The SMILES string of the molecule is C=CC(=O)N1CCC(C(=O)N2CCC=C(c3cn(C(C)C)nn3)CC2)CC1. The van der Waals surface area contributed by atoms with E-state index in [-0.39, 0.29) is 23.8 Å². The lowest BCUT2D eigenvalue weighted by atomic mass is 9.95. The molecule has 1 aromatic rings. The number of amides is 2. The summed E-state index contributed by atoms with van der Waals surface area (Å²) in [7, 11) is 0. The van der Waals surface area contributed by atoms with Gasteiger partial charge in [0.25, 0.3) is 0 Å². The van der Waals surface area contributed by atoms with Gasteiger partial charge in [-0.3, -0.25) is 9.59 Å². The van der Waals surface area contributed by atoms with Crippen LogP contribution in [0.4, 0.5) is 0 Å². The Morgan fingerprint density at radius 3 is 2.56 bits per heavy atom. The Morgan fingerprint density at radius 2 is 1.93 bits per heavy atom. The van der Waals surface area contributed by atoms with Crippen LogP contribution in [0.5, 0.6) is 0 Å². The molecular formula is C20H29N5O2. The molecule has 0 spiro atoms. The highest BCUT2D eigenvalue weighted by atomic mass is 16.2. The molecule has 146 valence electrons. The van der Waals surface area contributed by atoms with Crippen molar-refractivity contribution in [1.82, 2.24) is 24.8 Å². The Labute approximate surface area is 160 Å². The zero-order chi connectivity index (χ0) is 19.4. The van der Waals surface area contributed by atoms with Crippen LogP contribution in [0.3, 0.4) is 0 Å². The van der Waals surface area contributed by atoms with Gasteiger partial charge in [-0.05, 0) is 51.2 Å². The number of carbonyl (C=O) groups is 2.